The van der Waals surface area contributed by atoms with Crippen molar-refractivity contribution in [3.05, 3.63) is 60.0 Å². The number of hydrogen-bond acceptors (Lipinski definition) is 6. The van der Waals surface area contributed by atoms with E-state index in [0.29, 0.717) is 41.9 Å². The van der Waals surface area contributed by atoms with Crippen LogP contribution in [0.2, 0.25) is 0 Å². The summed E-state index contributed by atoms with van der Waals surface area (Å²) in [6.45, 7) is 0. The minimum atomic E-state index is -5.72. The molecule has 0 spiro atoms. The number of pyridine rings is 1. The lowest BCUT2D eigenvalue weighted by molar-refractivity contribution is -0.0500. The molecule has 29 heavy (non-hydrogen) atoms. The summed E-state index contributed by atoms with van der Waals surface area (Å²) in [5.74, 6) is 0.0933. The summed E-state index contributed by atoms with van der Waals surface area (Å²) in [6.07, 6.45) is 6.95. The molecule has 2 aromatic heterocycles. The molecule has 4 rings (SSSR count). The van der Waals surface area contributed by atoms with Crippen molar-refractivity contribution >= 4 is 10.1 Å². The predicted molar refractivity (Wildman–Crippen MR) is 98.3 cm³/mol. The SMILES string of the molecule is O=S(=O)(Oc1ccc2c(c1)CCCc1cnc(-c3cccnc3)nc1-2)C(F)(F)F. The number of halogens is 3. The molecule has 1 aliphatic rings. The van der Waals surface area contributed by atoms with Crippen molar-refractivity contribution in [1.29, 1.82) is 0 Å². The van der Waals surface area contributed by atoms with Crippen LogP contribution in [-0.4, -0.2) is 28.9 Å². The van der Waals surface area contributed by atoms with Crippen molar-refractivity contribution in [2.24, 2.45) is 0 Å². The van der Waals surface area contributed by atoms with Gasteiger partial charge in [0, 0.05) is 29.7 Å². The highest BCUT2D eigenvalue weighted by atomic mass is 32.2. The minimum Gasteiger partial charge on any atom is -0.376 e. The van der Waals surface area contributed by atoms with Gasteiger partial charge in [0.1, 0.15) is 5.75 Å². The van der Waals surface area contributed by atoms with E-state index in [1.165, 1.54) is 18.2 Å². The quantitative estimate of drug-likeness (QED) is 0.471. The van der Waals surface area contributed by atoms with E-state index in [4.69, 9.17) is 0 Å². The molecule has 6 nitrogen and oxygen atoms in total. The van der Waals surface area contributed by atoms with Gasteiger partial charge in [-0.3, -0.25) is 4.98 Å². The second-order valence-corrected chi connectivity index (χ2v) is 8.00. The highest BCUT2D eigenvalue weighted by Crippen LogP contribution is 2.35. The van der Waals surface area contributed by atoms with Gasteiger partial charge in [0.05, 0.1) is 5.69 Å². The molecule has 0 N–H and O–H groups in total. The minimum absolute atomic E-state index is 0.383. The average Bonchev–Trinajstić information content (AvgIpc) is 2.86. The third kappa shape index (κ3) is 3.80. The van der Waals surface area contributed by atoms with Gasteiger partial charge < -0.3 is 4.18 Å². The standard InChI is InChI=1S/C19H14F3N3O3S/c20-19(21,22)29(26,27)28-15-6-7-16-12(9-15)3-1-4-13-11-24-18(25-17(13)16)14-5-2-8-23-10-14/h2,5-11H,1,3-4H2. The lowest BCUT2D eigenvalue weighted by atomic mass is 10.0. The van der Waals surface area contributed by atoms with E-state index in [0.717, 1.165) is 11.1 Å². The van der Waals surface area contributed by atoms with Crippen LogP contribution in [0.4, 0.5) is 13.2 Å². The molecule has 0 aliphatic heterocycles. The number of rotatable bonds is 3. The van der Waals surface area contributed by atoms with Gasteiger partial charge in [0.15, 0.2) is 5.82 Å². The molecule has 2 heterocycles. The molecule has 0 radical (unpaired) electrons. The lowest BCUT2D eigenvalue weighted by Gasteiger charge is -2.13. The Kier molecular flexibility index (Phi) is 4.73. The maximum Gasteiger partial charge on any atom is 0.534 e. The van der Waals surface area contributed by atoms with Crippen molar-refractivity contribution in [2.45, 2.75) is 24.8 Å². The fourth-order valence-electron chi connectivity index (χ4n) is 3.16. The monoisotopic (exact) mass is 421 g/mol. The van der Waals surface area contributed by atoms with Crippen LogP contribution in [0.5, 0.6) is 5.75 Å². The van der Waals surface area contributed by atoms with Gasteiger partial charge in [0.2, 0.25) is 0 Å². The Morgan fingerprint density at radius 3 is 2.55 bits per heavy atom. The Morgan fingerprint density at radius 2 is 1.83 bits per heavy atom. The predicted octanol–water partition coefficient (Wildman–Crippen LogP) is 3.92. The average molecular weight is 421 g/mol. The summed E-state index contributed by atoms with van der Waals surface area (Å²) >= 11 is 0. The van der Waals surface area contributed by atoms with E-state index >= 15 is 0 Å². The first kappa shape index (κ1) is 19.3. The maximum absolute atomic E-state index is 12.6. The number of fused-ring (bicyclic) bond motifs is 3. The second-order valence-electron chi connectivity index (χ2n) is 6.46. The van der Waals surface area contributed by atoms with Crippen LogP contribution >= 0.6 is 0 Å². The van der Waals surface area contributed by atoms with E-state index < -0.39 is 15.6 Å². The number of alkyl halides is 3. The van der Waals surface area contributed by atoms with Crippen LogP contribution in [0.3, 0.4) is 0 Å². The first-order valence-electron chi connectivity index (χ1n) is 8.65. The van der Waals surface area contributed by atoms with E-state index in [2.05, 4.69) is 19.1 Å². The van der Waals surface area contributed by atoms with Crippen molar-refractivity contribution in [3.8, 4) is 28.4 Å². The number of nitrogens with zero attached hydrogens (tertiary/aromatic N) is 3. The summed E-state index contributed by atoms with van der Waals surface area (Å²) in [6, 6.07) is 7.64. The first-order valence-corrected chi connectivity index (χ1v) is 10.1. The van der Waals surface area contributed by atoms with Crippen molar-refractivity contribution < 1.29 is 25.8 Å². The summed E-state index contributed by atoms with van der Waals surface area (Å²) in [5.41, 5.74) is -1.81. The maximum atomic E-state index is 12.6. The molecule has 0 saturated heterocycles. The molecule has 0 atom stereocenters. The second kappa shape index (κ2) is 7.11. The third-order valence-electron chi connectivity index (χ3n) is 4.50. The Labute approximate surface area is 164 Å². The first-order chi connectivity index (χ1) is 13.7. The van der Waals surface area contributed by atoms with E-state index in [1.54, 1.807) is 24.7 Å². The number of aryl methyl sites for hydroxylation is 2. The van der Waals surface area contributed by atoms with Gasteiger partial charge in [-0.05, 0) is 60.7 Å². The molecule has 0 bridgehead atoms. The Bertz CT molecular complexity index is 1170. The van der Waals surface area contributed by atoms with Gasteiger partial charge in [0.25, 0.3) is 0 Å². The fraction of sp³-hybridized carbons (Fsp3) is 0.211. The molecule has 10 heteroatoms. The smallest absolute Gasteiger partial charge is 0.376 e. The van der Waals surface area contributed by atoms with Gasteiger partial charge in [-0.25, -0.2) is 9.97 Å². The highest BCUT2D eigenvalue weighted by molar-refractivity contribution is 7.88. The Hall–Kier alpha value is -3.01. The molecular weight excluding hydrogens is 407 g/mol. The highest BCUT2D eigenvalue weighted by Gasteiger charge is 2.48. The molecule has 0 saturated carbocycles. The summed E-state index contributed by atoms with van der Waals surface area (Å²) in [5, 5.41) is 0. The van der Waals surface area contributed by atoms with Crippen LogP contribution in [0, 0.1) is 0 Å². The number of benzene rings is 1. The van der Waals surface area contributed by atoms with Gasteiger partial charge in [-0.1, -0.05) is 0 Å². The molecular formula is C19H14F3N3O3S. The Morgan fingerprint density at radius 1 is 1.03 bits per heavy atom. The fourth-order valence-corrected chi connectivity index (χ4v) is 3.61. The molecule has 0 amide bonds. The third-order valence-corrected chi connectivity index (χ3v) is 5.48. The van der Waals surface area contributed by atoms with E-state index in [9.17, 15) is 21.6 Å². The zero-order valence-corrected chi connectivity index (χ0v) is 15.7. The molecule has 1 aromatic carbocycles. The molecule has 1 aliphatic carbocycles. The van der Waals surface area contributed by atoms with Crippen LogP contribution in [0.1, 0.15) is 17.5 Å². The van der Waals surface area contributed by atoms with Crippen molar-refractivity contribution in [3.63, 3.8) is 0 Å². The molecule has 0 fully saturated rings. The Balaban J connectivity index is 1.75. The van der Waals surface area contributed by atoms with Gasteiger partial charge in [-0.2, -0.15) is 21.6 Å². The van der Waals surface area contributed by atoms with Gasteiger partial charge >= 0.3 is 15.6 Å². The number of aromatic nitrogens is 3. The summed E-state index contributed by atoms with van der Waals surface area (Å²) < 4.78 is 64.6. The van der Waals surface area contributed by atoms with Crippen LogP contribution < -0.4 is 4.18 Å². The van der Waals surface area contributed by atoms with E-state index in [-0.39, 0.29) is 5.75 Å². The van der Waals surface area contributed by atoms with Crippen molar-refractivity contribution in [2.75, 3.05) is 0 Å². The molecule has 3 aromatic rings. The van der Waals surface area contributed by atoms with Gasteiger partial charge in [-0.15, -0.1) is 0 Å². The summed E-state index contributed by atoms with van der Waals surface area (Å²) in [4.78, 5) is 13.1. The normalized spacial score (nSPS) is 13.9. The molecule has 0 unspecified atom stereocenters. The van der Waals surface area contributed by atoms with Crippen LogP contribution in [-0.2, 0) is 23.0 Å². The van der Waals surface area contributed by atoms with Crippen molar-refractivity contribution in [1.82, 2.24) is 15.0 Å². The molecule has 150 valence electrons. The van der Waals surface area contributed by atoms with E-state index in [1.807, 2.05) is 6.07 Å². The zero-order valence-electron chi connectivity index (χ0n) is 14.8. The van der Waals surface area contributed by atoms with Crippen LogP contribution in [0.25, 0.3) is 22.6 Å². The zero-order chi connectivity index (χ0) is 20.6. The van der Waals surface area contributed by atoms with Crippen LogP contribution in [0.15, 0.2) is 48.9 Å². The lowest BCUT2D eigenvalue weighted by Crippen LogP contribution is -2.28. The largest absolute Gasteiger partial charge is 0.534 e. The summed E-state index contributed by atoms with van der Waals surface area (Å²) in [7, 11) is -5.72. The number of hydrogen-bond donors (Lipinski definition) is 0. The topological polar surface area (TPSA) is 82.0 Å².